The summed E-state index contributed by atoms with van der Waals surface area (Å²) in [5, 5.41) is 0. The first-order chi connectivity index (χ1) is 12.4. The van der Waals surface area contributed by atoms with Crippen LogP contribution in [0, 0.1) is 11.8 Å². The van der Waals surface area contributed by atoms with Crippen LogP contribution >= 0.6 is 0 Å². The zero-order chi connectivity index (χ0) is 21.2. The molecule has 0 aromatic carbocycles. The van der Waals surface area contributed by atoms with Crippen LogP contribution in [0.5, 0.6) is 5.88 Å². The van der Waals surface area contributed by atoms with Gasteiger partial charge in [-0.25, -0.2) is 4.98 Å². The highest BCUT2D eigenvalue weighted by Crippen LogP contribution is 2.33. The predicted octanol–water partition coefficient (Wildman–Crippen LogP) is 6.14. The minimum Gasteiger partial charge on any atom is -0.481 e. The molecule has 1 heterocycles. The second-order valence-electron chi connectivity index (χ2n) is 6.85. The fraction of sp³-hybridized carbons (Fsp3) is 0.476. The molecule has 0 fully saturated rings. The quantitative estimate of drug-likeness (QED) is 0.599. The Hall–Kier alpha value is -2.24. The lowest BCUT2D eigenvalue weighted by Crippen LogP contribution is -2.18. The van der Waals surface area contributed by atoms with Crippen molar-refractivity contribution in [3.63, 3.8) is 0 Å². The summed E-state index contributed by atoms with van der Waals surface area (Å²) in [6, 6.07) is 3.28. The Morgan fingerprint density at radius 3 is 2.26 bits per heavy atom. The molecule has 1 aromatic heterocycles. The van der Waals surface area contributed by atoms with Crippen molar-refractivity contribution in [2.75, 3.05) is 7.11 Å². The van der Waals surface area contributed by atoms with E-state index in [2.05, 4.69) is 32.3 Å². The third kappa shape index (κ3) is 9.31. The van der Waals surface area contributed by atoms with Crippen LogP contribution in [-0.2, 0) is 0 Å². The second-order valence-corrected chi connectivity index (χ2v) is 6.85. The summed E-state index contributed by atoms with van der Waals surface area (Å²) in [6.45, 7) is 13.6. The number of hydrogen-bond acceptors (Lipinski definition) is 3. The van der Waals surface area contributed by atoms with Gasteiger partial charge in [-0.05, 0) is 41.5 Å². The molecule has 0 aliphatic heterocycles. The Balaban J connectivity index is 0.00000153. The maximum absolute atomic E-state index is 13.0. The molecule has 0 spiro atoms. The van der Waals surface area contributed by atoms with E-state index in [1.165, 1.54) is 26.3 Å². The summed E-state index contributed by atoms with van der Waals surface area (Å²) in [6.07, 6.45) is -0.213. The van der Waals surface area contributed by atoms with E-state index < -0.39 is 17.7 Å². The Kier molecular flexibility index (Phi) is 10.5. The molecular formula is C21H31F3N2O. The number of alkyl halides is 3. The standard InChI is InChI=1S/C17H21F3N2O.C4H10/c1-5-11(2)14(17(18,19)20)6-7-15(21)12(3)13-8-9-22-16(10-13)23-4;1-4(2)3/h6-11H,3,5,21H2,1-2,4H3;4H,1-3H3/b14-6+,15-7+;. The number of aromatic nitrogens is 1. The maximum Gasteiger partial charge on any atom is 0.412 e. The molecule has 3 nitrogen and oxygen atoms in total. The van der Waals surface area contributed by atoms with Gasteiger partial charge in [0, 0.05) is 23.5 Å². The summed E-state index contributed by atoms with van der Waals surface area (Å²) >= 11 is 0. The summed E-state index contributed by atoms with van der Waals surface area (Å²) in [5.41, 5.74) is 6.46. The van der Waals surface area contributed by atoms with Gasteiger partial charge in [0.05, 0.1) is 7.11 Å². The van der Waals surface area contributed by atoms with Crippen molar-refractivity contribution in [3.05, 3.63) is 53.9 Å². The molecule has 0 bridgehead atoms. The molecular weight excluding hydrogens is 353 g/mol. The topological polar surface area (TPSA) is 48.1 Å². The summed E-state index contributed by atoms with van der Waals surface area (Å²) in [5.74, 6) is 0.607. The van der Waals surface area contributed by atoms with Gasteiger partial charge < -0.3 is 10.5 Å². The highest BCUT2D eigenvalue weighted by Gasteiger charge is 2.35. The smallest absolute Gasteiger partial charge is 0.412 e. The van der Waals surface area contributed by atoms with E-state index in [1.807, 2.05) is 0 Å². The number of methoxy groups -OCH3 is 1. The molecule has 1 aromatic rings. The third-order valence-electron chi connectivity index (χ3n) is 3.55. The van der Waals surface area contributed by atoms with Crippen molar-refractivity contribution in [2.45, 2.75) is 47.2 Å². The van der Waals surface area contributed by atoms with Crippen LogP contribution in [0.15, 0.2) is 48.3 Å². The minimum absolute atomic E-state index is 0.156. The SMILES string of the molecule is C=C(/C(N)=C\C=C(/C(C)CC)C(F)(F)F)c1ccnc(OC)c1.CC(C)C. The molecule has 0 radical (unpaired) electrons. The predicted molar refractivity (Wildman–Crippen MR) is 106 cm³/mol. The van der Waals surface area contributed by atoms with Crippen LogP contribution in [0.4, 0.5) is 13.2 Å². The molecule has 27 heavy (non-hydrogen) atoms. The fourth-order valence-corrected chi connectivity index (χ4v) is 1.91. The van der Waals surface area contributed by atoms with E-state index in [1.54, 1.807) is 19.1 Å². The monoisotopic (exact) mass is 384 g/mol. The number of halogens is 3. The van der Waals surface area contributed by atoms with Gasteiger partial charge in [-0.2, -0.15) is 13.2 Å². The number of pyridine rings is 1. The van der Waals surface area contributed by atoms with Crippen LogP contribution in [0.25, 0.3) is 5.57 Å². The van der Waals surface area contributed by atoms with Gasteiger partial charge in [0.15, 0.2) is 0 Å². The Bertz CT molecular complexity index is 659. The number of allylic oxidation sites excluding steroid dienone is 4. The van der Waals surface area contributed by atoms with Crippen molar-refractivity contribution in [1.82, 2.24) is 4.98 Å². The zero-order valence-corrected chi connectivity index (χ0v) is 17.0. The van der Waals surface area contributed by atoms with Gasteiger partial charge in [0.2, 0.25) is 5.88 Å². The summed E-state index contributed by atoms with van der Waals surface area (Å²) < 4.78 is 44.1. The van der Waals surface area contributed by atoms with Crippen LogP contribution in [0.2, 0.25) is 0 Å². The van der Waals surface area contributed by atoms with Gasteiger partial charge in [-0.1, -0.05) is 47.3 Å². The van der Waals surface area contributed by atoms with E-state index in [9.17, 15) is 13.2 Å². The minimum atomic E-state index is -4.38. The Morgan fingerprint density at radius 1 is 1.26 bits per heavy atom. The largest absolute Gasteiger partial charge is 0.481 e. The first-order valence-electron chi connectivity index (χ1n) is 8.88. The average Bonchev–Trinajstić information content (AvgIpc) is 2.59. The molecule has 152 valence electrons. The van der Waals surface area contributed by atoms with Gasteiger partial charge in [0.25, 0.3) is 0 Å². The zero-order valence-electron chi connectivity index (χ0n) is 17.0. The van der Waals surface area contributed by atoms with Crippen molar-refractivity contribution < 1.29 is 17.9 Å². The van der Waals surface area contributed by atoms with Crippen molar-refractivity contribution in [2.24, 2.45) is 17.6 Å². The number of rotatable bonds is 6. The van der Waals surface area contributed by atoms with Crippen LogP contribution in [-0.4, -0.2) is 18.3 Å². The van der Waals surface area contributed by atoms with Crippen molar-refractivity contribution >= 4 is 5.57 Å². The normalized spacial score (nSPS) is 13.7. The first-order valence-corrected chi connectivity index (χ1v) is 8.88. The molecule has 0 saturated heterocycles. The van der Waals surface area contributed by atoms with E-state index in [-0.39, 0.29) is 5.70 Å². The van der Waals surface area contributed by atoms with Crippen LogP contribution in [0.3, 0.4) is 0 Å². The average molecular weight is 384 g/mol. The number of nitrogens with two attached hydrogens (primary N) is 1. The van der Waals surface area contributed by atoms with E-state index >= 15 is 0 Å². The number of nitrogens with zero attached hydrogens (tertiary/aromatic N) is 1. The highest BCUT2D eigenvalue weighted by atomic mass is 19.4. The maximum atomic E-state index is 13.0. The van der Waals surface area contributed by atoms with E-state index in [4.69, 9.17) is 10.5 Å². The van der Waals surface area contributed by atoms with Crippen molar-refractivity contribution in [3.8, 4) is 5.88 Å². The molecule has 2 N–H and O–H groups in total. The molecule has 0 aliphatic rings. The van der Waals surface area contributed by atoms with E-state index in [0.717, 1.165) is 12.0 Å². The molecule has 1 rings (SSSR count). The molecule has 0 aliphatic carbocycles. The highest BCUT2D eigenvalue weighted by molar-refractivity contribution is 5.76. The summed E-state index contributed by atoms with van der Waals surface area (Å²) in [4.78, 5) is 3.96. The summed E-state index contributed by atoms with van der Waals surface area (Å²) in [7, 11) is 1.47. The van der Waals surface area contributed by atoms with Gasteiger partial charge >= 0.3 is 6.18 Å². The van der Waals surface area contributed by atoms with E-state index in [0.29, 0.717) is 23.4 Å². The van der Waals surface area contributed by atoms with Gasteiger partial charge in [-0.15, -0.1) is 0 Å². The Labute approximate surface area is 160 Å². The molecule has 1 atom stereocenters. The number of hydrogen-bond donors (Lipinski definition) is 1. The molecule has 0 saturated carbocycles. The fourth-order valence-electron chi connectivity index (χ4n) is 1.91. The third-order valence-corrected chi connectivity index (χ3v) is 3.55. The number of ether oxygens (including phenoxy) is 1. The van der Waals surface area contributed by atoms with Gasteiger partial charge in [-0.3, -0.25) is 0 Å². The lowest BCUT2D eigenvalue weighted by atomic mass is 9.97. The van der Waals surface area contributed by atoms with Crippen LogP contribution in [0.1, 0.15) is 46.6 Å². The van der Waals surface area contributed by atoms with Gasteiger partial charge in [0.1, 0.15) is 0 Å². The molecule has 1 unspecified atom stereocenters. The van der Waals surface area contributed by atoms with Crippen LogP contribution < -0.4 is 10.5 Å². The molecule has 6 heteroatoms. The lowest BCUT2D eigenvalue weighted by Gasteiger charge is -2.17. The second kappa shape index (κ2) is 11.5. The van der Waals surface area contributed by atoms with Crippen molar-refractivity contribution in [1.29, 1.82) is 0 Å². The molecule has 0 amide bonds. The first kappa shape index (κ1) is 24.8. The lowest BCUT2D eigenvalue weighted by molar-refractivity contribution is -0.0984. The Morgan fingerprint density at radius 2 is 1.81 bits per heavy atom.